The lowest BCUT2D eigenvalue weighted by Crippen LogP contribution is -2.56. The Morgan fingerprint density at radius 3 is 2.21 bits per heavy atom. The first-order valence-electron chi connectivity index (χ1n) is 12.0. The molecule has 13 heteroatoms. The molecule has 0 saturated carbocycles. The molecule has 0 aliphatic carbocycles. The van der Waals surface area contributed by atoms with Crippen molar-refractivity contribution < 1.29 is 33.3 Å². The van der Waals surface area contributed by atoms with Gasteiger partial charge in [-0.3, -0.25) is 23.6 Å². The lowest BCUT2D eigenvalue weighted by Gasteiger charge is -2.39. The molecular formula is C26H24N4O8S. The highest BCUT2D eigenvalue weighted by molar-refractivity contribution is 7.99. The fourth-order valence-corrected chi connectivity index (χ4v) is 5.55. The number of hydrogen-bond acceptors (Lipinski definition) is 11. The van der Waals surface area contributed by atoms with Gasteiger partial charge >= 0.3 is 17.9 Å². The van der Waals surface area contributed by atoms with Crippen LogP contribution in [0.15, 0.2) is 64.5 Å². The van der Waals surface area contributed by atoms with Crippen LogP contribution in [0.4, 0.5) is 0 Å². The molecule has 0 spiro atoms. The van der Waals surface area contributed by atoms with E-state index in [9.17, 15) is 19.2 Å². The quantitative estimate of drug-likeness (QED) is 0.257. The van der Waals surface area contributed by atoms with Crippen molar-refractivity contribution in [1.82, 2.24) is 19.2 Å². The third-order valence-corrected chi connectivity index (χ3v) is 7.05. The van der Waals surface area contributed by atoms with Gasteiger partial charge in [-0.2, -0.15) is 0 Å². The Bertz CT molecular complexity index is 1620. The van der Waals surface area contributed by atoms with E-state index in [4.69, 9.17) is 18.9 Å². The van der Waals surface area contributed by atoms with Crippen LogP contribution in [0, 0.1) is 0 Å². The summed E-state index contributed by atoms with van der Waals surface area (Å²) >= 11 is 1.07. The summed E-state index contributed by atoms with van der Waals surface area (Å²) in [6, 6.07) is 16.1. The van der Waals surface area contributed by atoms with Gasteiger partial charge in [0.1, 0.15) is 0 Å². The summed E-state index contributed by atoms with van der Waals surface area (Å²) in [4.78, 5) is 49.1. The molecule has 202 valence electrons. The molecule has 0 unspecified atom stereocenters. The summed E-state index contributed by atoms with van der Waals surface area (Å²) in [6.07, 6.45) is -3.26. The topological polar surface area (TPSA) is 140 Å². The van der Waals surface area contributed by atoms with Gasteiger partial charge in [-0.15, -0.1) is 10.2 Å². The standard InChI is InChI=1S/C26H24N4O8S/c1-14(31)36-20-13-35-24(22(38-16(3)33)21(20)37-15(2)32)39-26-28-27-25-29(17-9-5-4-6-10-17)23(34)18-11-7-8-12-19(18)30(25)26/h4-12,20-22,24H,13H2,1-3H3/t20-,21+,22-,24+/m1/s1. The minimum atomic E-state index is -1.15. The Kier molecular flexibility index (Phi) is 7.35. The second kappa shape index (κ2) is 10.9. The normalized spacial score (nSPS) is 21.0. The van der Waals surface area contributed by atoms with Crippen LogP contribution in [-0.4, -0.2) is 67.4 Å². The number of benzene rings is 2. The second-order valence-electron chi connectivity index (χ2n) is 8.73. The molecule has 3 heterocycles. The van der Waals surface area contributed by atoms with Crippen LogP contribution in [0.5, 0.6) is 0 Å². The first-order chi connectivity index (χ1) is 18.7. The van der Waals surface area contributed by atoms with Crippen LogP contribution >= 0.6 is 11.8 Å². The molecule has 1 fully saturated rings. The minimum absolute atomic E-state index is 0.126. The molecule has 0 N–H and O–H groups in total. The Morgan fingerprint density at radius 1 is 0.872 bits per heavy atom. The average Bonchev–Trinajstić information content (AvgIpc) is 3.30. The molecule has 0 amide bonds. The van der Waals surface area contributed by atoms with E-state index in [1.165, 1.54) is 25.3 Å². The van der Waals surface area contributed by atoms with Crippen molar-refractivity contribution in [2.45, 2.75) is 49.7 Å². The number of carbonyl (C=O) groups excluding carboxylic acids is 3. The van der Waals surface area contributed by atoms with Gasteiger partial charge in [-0.1, -0.05) is 30.3 Å². The molecule has 0 bridgehead atoms. The van der Waals surface area contributed by atoms with Gasteiger partial charge < -0.3 is 18.9 Å². The zero-order valence-electron chi connectivity index (χ0n) is 21.2. The summed E-state index contributed by atoms with van der Waals surface area (Å²) in [5.74, 6) is -1.64. The fourth-order valence-electron chi connectivity index (χ4n) is 4.48. The van der Waals surface area contributed by atoms with Gasteiger partial charge in [-0.05, 0) is 36.0 Å². The number of fused-ring (bicyclic) bond motifs is 3. The van der Waals surface area contributed by atoms with Crippen LogP contribution in [0.2, 0.25) is 0 Å². The van der Waals surface area contributed by atoms with Crippen LogP contribution in [-0.2, 0) is 33.3 Å². The van der Waals surface area contributed by atoms with E-state index in [2.05, 4.69) is 10.2 Å². The molecule has 1 saturated heterocycles. The largest absolute Gasteiger partial charge is 0.456 e. The lowest BCUT2D eigenvalue weighted by molar-refractivity contribution is -0.213. The smallest absolute Gasteiger partial charge is 0.303 e. The molecule has 4 atom stereocenters. The molecule has 2 aromatic carbocycles. The Morgan fingerprint density at radius 2 is 1.51 bits per heavy atom. The number of carbonyl (C=O) groups is 3. The van der Waals surface area contributed by atoms with Gasteiger partial charge in [0.25, 0.3) is 5.56 Å². The number of para-hydroxylation sites is 2. The third kappa shape index (κ3) is 5.22. The van der Waals surface area contributed by atoms with E-state index in [-0.39, 0.29) is 17.9 Å². The van der Waals surface area contributed by atoms with Crippen molar-refractivity contribution in [3.8, 4) is 5.69 Å². The summed E-state index contributed by atoms with van der Waals surface area (Å²) in [5.41, 5.74) is -0.0215. The summed E-state index contributed by atoms with van der Waals surface area (Å²) in [6.45, 7) is 3.50. The Labute approximate surface area is 225 Å². The van der Waals surface area contributed by atoms with Crippen molar-refractivity contribution in [2.24, 2.45) is 0 Å². The zero-order valence-corrected chi connectivity index (χ0v) is 22.0. The van der Waals surface area contributed by atoms with Gasteiger partial charge in [0.05, 0.1) is 23.2 Å². The summed E-state index contributed by atoms with van der Waals surface area (Å²) < 4.78 is 25.4. The van der Waals surface area contributed by atoms with E-state index in [0.717, 1.165) is 11.8 Å². The van der Waals surface area contributed by atoms with E-state index >= 15 is 0 Å². The number of rotatable bonds is 6. The first-order valence-corrected chi connectivity index (χ1v) is 12.9. The van der Waals surface area contributed by atoms with Crippen molar-refractivity contribution in [2.75, 3.05) is 6.61 Å². The maximum atomic E-state index is 13.5. The van der Waals surface area contributed by atoms with Crippen LogP contribution in [0.1, 0.15) is 20.8 Å². The number of nitrogens with zero attached hydrogens (tertiary/aromatic N) is 4. The number of esters is 3. The average molecular weight is 553 g/mol. The molecule has 12 nitrogen and oxygen atoms in total. The fraction of sp³-hybridized carbons (Fsp3) is 0.308. The zero-order chi connectivity index (χ0) is 27.7. The molecule has 0 radical (unpaired) electrons. The monoisotopic (exact) mass is 552 g/mol. The second-order valence-corrected chi connectivity index (χ2v) is 9.79. The summed E-state index contributed by atoms with van der Waals surface area (Å²) in [7, 11) is 0. The molecule has 1 aliphatic heterocycles. The van der Waals surface area contributed by atoms with Crippen molar-refractivity contribution in [3.05, 3.63) is 65.0 Å². The number of hydrogen-bond donors (Lipinski definition) is 0. The Hall–Kier alpha value is -4.23. The molecular weight excluding hydrogens is 528 g/mol. The SMILES string of the molecule is CC(=O)O[C@@H]1[C@@H](OC(C)=O)[C@H](Sc2nnc3n(-c4ccccc4)c(=O)c4ccccc4n23)OC[C@H]1OC(C)=O. The van der Waals surface area contributed by atoms with Crippen molar-refractivity contribution >= 4 is 46.4 Å². The molecule has 2 aromatic heterocycles. The molecule has 4 aromatic rings. The van der Waals surface area contributed by atoms with Gasteiger partial charge in [0, 0.05) is 20.8 Å². The highest BCUT2D eigenvalue weighted by atomic mass is 32.2. The molecule has 5 rings (SSSR count). The van der Waals surface area contributed by atoms with E-state index < -0.39 is 41.7 Å². The lowest BCUT2D eigenvalue weighted by atomic mass is 10.1. The maximum absolute atomic E-state index is 13.5. The predicted molar refractivity (Wildman–Crippen MR) is 138 cm³/mol. The van der Waals surface area contributed by atoms with Gasteiger partial charge in [0.2, 0.25) is 5.78 Å². The van der Waals surface area contributed by atoms with E-state index in [1.54, 1.807) is 40.8 Å². The van der Waals surface area contributed by atoms with Crippen LogP contribution < -0.4 is 5.56 Å². The van der Waals surface area contributed by atoms with Gasteiger partial charge in [0.15, 0.2) is 28.9 Å². The maximum Gasteiger partial charge on any atom is 0.303 e. The van der Waals surface area contributed by atoms with Crippen molar-refractivity contribution in [3.63, 3.8) is 0 Å². The van der Waals surface area contributed by atoms with E-state index in [1.807, 2.05) is 18.2 Å². The van der Waals surface area contributed by atoms with Crippen LogP contribution in [0.25, 0.3) is 22.4 Å². The first kappa shape index (κ1) is 26.4. The summed E-state index contributed by atoms with van der Waals surface area (Å²) in [5, 5.41) is 9.42. The van der Waals surface area contributed by atoms with Gasteiger partial charge in [-0.25, -0.2) is 4.57 Å². The number of ether oxygens (including phenoxy) is 4. The minimum Gasteiger partial charge on any atom is -0.456 e. The highest BCUT2D eigenvalue weighted by Gasteiger charge is 2.47. The third-order valence-electron chi connectivity index (χ3n) is 5.94. The highest BCUT2D eigenvalue weighted by Crippen LogP contribution is 2.35. The number of aromatic nitrogens is 4. The molecule has 39 heavy (non-hydrogen) atoms. The van der Waals surface area contributed by atoms with E-state index in [0.29, 0.717) is 21.7 Å². The predicted octanol–water partition coefficient (Wildman–Crippen LogP) is 2.28. The number of thioether (sulfide) groups is 1. The van der Waals surface area contributed by atoms with Crippen LogP contribution in [0.3, 0.4) is 0 Å². The molecule has 1 aliphatic rings. The Balaban J connectivity index is 1.62. The van der Waals surface area contributed by atoms with Crippen molar-refractivity contribution in [1.29, 1.82) is 0 Å².